The minimum absolute atomic E-state index is 0.193. The SMILES string of the molecule is CN(C)CC(=O)c1c(Cl)c(Cl)c([Si](C)(C)C)c(Cl)c1Cl. The molecule has 0 N–H and O–H groups in total. The van der Waals surface area contributed by atoms with Crippen molar-refractivity contribution in [1.82, 2.24) is 4.90 Å². The lowest BCUT2D eigenvalue weighted by Crippen LogP contribution is -2.40. The van der Waals surface area contributed by atoms with E-state index < -0.39 is 8.07 Å². The molecule has 0 saturated carbocycles. The van der Waals surface area contributed by atoms with E-state index in [1.807, 2.05) is 0 Å². The Kier molecular flexibility index (Phi) is 5.99. The number of carbonyl (C=O) groups excluding carboxylic acids is 1. The molecular weight excluding hydrogens is 356 g/mol. The van der Waals surface area contributed by atoms with E-state index in [1.54, 1.807) is 19.0 Å². The highest BCUT2D eigenvalue weighted by atomic mass is 35.5. The lowest BCUT2D eigenvalue weighted by Gasteiger charge is -2.23. The van der Waals surface area contributed by atoms with E-state index in [9.17, 15) is 4.79 Å². The van der Waals surface area contributed by atoms with Crippen LogP contribution in [0.5, 0.6) is 0 Å². The fourth-order valence-electron chi connectivity index (χ4n) is 1.90. The standard InChI is InChI=1S/C13H17Cl4NOSi/c1-18(2)6-7(19)8-9(14)11(16)13(20(3,4)5)12(17)10(8)15/h6H2,1-5H3. The Hall–Kier alpha value is 0.227. The summed E-state index contributed by atoms with van der Waals surface area (Å²) in [5.74, 6) is -0.198. The van der Waals surface area contributed by atoms with Crippen molar-refractivity contribution in [3.63, 3.8) is 0 Å². The number of rotatable bonds is 4. The van der Waals surface area contributed by atoms with Crippen molar-refractivity contribution in [1.29, 1.82) is 0 Å². The second kappa shape index (κ2) is 6.55. The maximum atomic E-state index is 12.2. The molecule has 1 rings (SSSR count). The minimum Gasteiger partial charge on any atom is -0.302 e. The number of ketones is 1. The van der Waals surface area contributed by atoms with Gasteiger partial charge in [-0.2, -0.15) is 0 Å². The Morgan fingerprint density at radius 3 is 1.65 bits per heavy atom. The Bertz CT molecular complexity index is 523. The molecule has 0 aliphatic rings. The number of nitrogens with zero attached hydrogens (tertiary/aromatic N) is 1. The van der Waals surface area contributed by atoms with Gasteiger partial charge in [0.15, 0.2) is 5.78 Å². The van der Waals surface area contributed by atoms with Gasteiger partial charge in [-0.15, -0.1) is 0 Å². The summed E-state index contributed by atoms with van der Waals surface area (Å²) in [6, 6.07) is 0. The van der Waals surface area contributed by atoms with Crippen LogP contribution in [0.2, 0.25) is 39.7 Å². The smallest absolute Gasteiger partial charge is 0.179 e. The summed E-state index contributed by atoms with van der Waals surface area (Å²) in [7, 11) is 1.75. The van der Waals surface area contributed by atoms with Gasteiger partial charge in [0.1, 0.15) is 0 Å². The van der Waals surface area contributed by atoms with Gasteiger partial charge in [0.2, 0.25) is 0 Å². The number of hydrogen-bond donors (Lipinski definition) is 0. The van der Waals surface area contributed by atoms with E-state index in [1.165, 1.54) is 0 Å². The third-order valence-corrected chi connectivity index (χ3v) is 6.77. The molecule has 1 aromatic carbocycles. The van der Waals surface area contributed by atoms with Gasteiger partial charge in [-0.1, -0.05) is 66.0 Å². The summed E-state index contributed by atoms with van der Waals surface area (Å²) in [5, 5.41) is 1.89. The van der Waals surface area contributed by atoms with Gasteiger partial charge in [0.05, 0.1) is 40.3 Å². The summed E-state index contributed by atoms with van der Waals surface area (Å²) in [6.07, 6.45) is 0. The van der Waals surface area contributed by atoms with Crippen LogP contribution in [0, 0.1) is 0 Å². The zero-order chi connectivity index (χ0) is 15.8. The van der Waals surface area contributed by atoms with Gasteiger partial charge in [0, 0.05) is 0 Å². The maximum Gasteiger partial charge on any atom is 0.179 e. The predicted molar refractivity (Wildman–Crippen MR) is 92.3 cm³/mol. The van der Waals surface area contributed by atoms with Crippen LogP contribution in [-0.4, -0.2) is 39.4 Å². The molecule has 2 nitrogen and oxygen atoms in total. The second-order valence-electron chi connectivity index (χ2n) is 5.92. The maximum absolute atomic E-state index is 12.2. The molecule has 0 unspecified atom stereocenters. The van der Waals surface area contributed by atoms with Crippen molar-refractivity contribution in [3.05, 3.63) is 25.7 Å². The molecule has 1 aromatic rings. The molecule has 0 spiro atoms. The predicted octanol–water partition coefficient (Wildman–Crippen LogP) is 4.59. The van der Waals surface area contributed by atoms with E-state index in [4.69, 9.17) is 46.4 Å². The molecule has 0 bridgehead atoms. The van der Waals surface area contributed by atoms with Crippen LogP contribution in [0.15, 0.2) is 0 Å². The fraction of sp³-hybridized carbons (Fsp3) is 0.462. The first kappa shape index (κ1) is 18.3. The molecule has 0 aliphatic heterocycles. The zero-order valence-electron chi connectivity index (χ0n) is 12.1. The van der Waals surface area contributed by atoms with E-state index in [2.05, 4.69) is 19.6 Å². The van der Waals surface area contributed by atoms with Crippen molar-refractivity contribution >= 4 is 65.4 Å². The molecular formula is C13H17Cl4NOSi. The monoisotopic (exact) mass is 371 g/mol. The van der Waals surface area contributed by atoms with Gasteiger partial charge >= 0.3 is 0 Å². The molecule has 0 amide bonds. The quantitative estimate of drug-likeness (QED) is 0.437. The molecule has 0 radical (unpaired) electrons. The Labute approximate surface area is 141 Å². The van der Waals surface area contributed by atoms with E-state index in [0.29, 0.717) is 10.0 Å². The molecule has 20 heavy (non-hydrogen) atoms. The molecule has 0 fully saturated rings. The summed E-state index contributed by atoms with van der Waals surface area (Å²) in [4.78, 5) is 14.0. The molecule has 7 heteroatoms. The van der Waals surface area contributed by atoms with Gasteiger partial charge in [0.25, 0.3) is 0 Å². The van der Waals surface area contributed by atoms with E-state index in [-0.39, 0.29) is 27.9 Å². The third kappa shape index (κ3) is 3.70. The molecule has 0 saturated heterocycles. The minimum atomic E-state index is -1.83. The number of hydrogen-bond acceptors (Lipinski definition) is 2. The van der Waals surface area contributed by atoms with Gasteiger partial charge in [-0.25, -0.2) is 0 Å². The number of halogens is 4. The van der Waals surface area contributed by atoms with Crippen LogP contribution in [0.1, 0.15) is 10.4 Å². The molecule has 112 valence electrons. The molecule has 0 atom stereocenters. The van der Waals surface area contributed by atoms with Crippen molar-refractivity contribution in [3.8, 4) is 0 Å². The topological polar surface area (TPSA) is 20.3 Å². The first-order valence-corrected chi connectivity index (χ1v) is 11.0. The van der Waals surface area contributed by atoms with E-state index in [0.717, 1.165) is 5.19 Å². The van der Waals surface area contributed by atoms with Crippen LogP contribution >= 0.6 is 46.4 Å². The molecule has 0 aliphatic carbocycles. The average molecular weight is 373 g/mol. The summed E-state index contributed by atoms with van der Waals surface area (Å²) >= 11 is 25.2. The van der Waals surface area contributed by atoms with Gasteiger partial charge in [-0.05, 0) is 19.3 Å². The average Bonchev–Trinajstić information content (AvgIpc) is 2.24. The molecule has 0 aromatic heterocycles. The first-order valence-electron chi connectivity index (χ1n) is 6.02. The highest BCUT2D eigenvalue weighted by Gasteiger charge is 2.30. The van der Waals surface area contributed by atoms with Crippen LogP contribution in [-0.2, 0) is 0 Å². The van der Waals surface area contributed by atoms with Crippen molar-refractivity contribution in [2.24, 2.45) is 0 Å². The van der Waals surface area contributed by atoms with Crippen LogP contribution in [0.3, 0.4) is 0 Å². The Morgan fingerprint density at radius 1 is 0.950 bits per heavy atom. The number of likely N-dealkylation sites (N-methyl/N-ethyl adjacent to an activating group) is 1. The van der Waals surface area contributed by atoms with Crippen molar-refractivity contribution < 1.29 is 4.79 Å². The second-order valence-corrected chi connectivity index (χ2v) is 12.4. The summed E-state index contributed by atoms with van der Waals surface area (Å²) < 4.78 is 0. The number of benzene rings is 1. The highest BCUT2D eigenvalue weighted by molar-refractivity contribution is 6.92. The highest BCUT2D eigenvalue weighted by Crippen LogP contribution is 2.37. The molecule has 0 heterocycles. The van der Waals surface area contributed by atoms with Crippen LogP contribution < -0.4 is 5.19 Å². The fourth-order valence-corrected chi connectivity index (χ4v) is 6.39. The van der Waals surface area contributed by atoms with Crippen molar-refractivity contribution in [2.75, 3.05) is 20.6 Å². The first-order chi connectivity index (χ1) is 8.98. The van der Waals surface area contributed by atoms with Gasteiger partial charge in [-0.3, -0.25) is 4.79 Å². The number of carbonyl (C=O) groups is 1. The Morgan fingerprint density at radius 2 is 1.35 bits per heavy atom. The Balaban J connectivity index is 3.57. The van der Waals surface area contributed by atoms with Crippen LogP contribution in [0.4, 0.5) is 0 Å². The third-order valence-electron chi connectivity index (χ3n) is 2.75. The summed E-state index contributed by atoms with van der Waals surface area (Å²) in [5.41, 5.74) is 0.207. The van der Waals surface area contributed by atoms with Crippen molar-refractivity contribution in [2.45, 2.75) is 19.6 Å². The zero-order valence-corrected chi connectivity index (χ0v) is 16.1. The van der Waals surface area contributed by atoms with E-state index >= 15 is 0 Å². The van der Waals surface area contributed by atoms with Crippen LogP contribution in [0.25, 0.3) is 0 Å². The largest absolute Gasteiger partial charge is 0.302 e. The number of Topliss-reactive ketones (excluding diaryl/α,β-unsaturated/α-hetero) is 1. The lowest BCUT2D eigenvalue weighted by molar-refractivity contribution is 0.0958. The summed E-state index contributed by atoms with van der Waals surface area (Å²) in [6.45, 7) is 6.47. The van der Waals surface area contributed by atoms with Gasteiger partial charge < -0.3 is 4.90 Å². The lowest BCUT2D eigenvalue weighted by atomic mass is 10.1. The normalized spacial score (nSPS) is 12.1.